The van der Waals surface area contributed by atoms with E-state index in [1.54, 1.807) is 31.8 Å². The number of benzene rings is 2. The van der Waals surface area contributed by atoms with Crippen LogP contribution >= 0.6 is 0 Å². The standard InChI is InChI=1S/C28H27FN6O2/c1-18-23-13-20(5-8-26(23)32-17-31-18)24-14-25(21-15-33-35(16-21)9-10-37-12-11-36-2)28(30)34-27(24)19-3-6-22(29)7-4-19/h3-8,13-17H,9-12H2,1-2H3,(H2,30,34). The average Bonchev–Trinajstić information content (AvgIpc) is 3.38. The van der Waals surface area contributed by atoms with Crippen LogP contribution in [0.3, 0.4) is 0 Å². The summed E-state index contributed by atoms with van der Waals surface area (Å²) in [6, 6.07) is 14.3. The quantitative estimate of drug-likeness (QED) is 0.288. The van der Waals surface area contributed by atoms with E-state index in [2.05, 4.69) is 21.1 Å². The molecule has 0 atom stereocenters. The third-order valence-corrected chi connectivity index (χ3v) is 6.16. The first-order valence-corrected chi connectivity index (χ1v) is 11.9. The van der Waals surface area contributed by atoms with Gasteiger partial charge in [0.2, 0.25) is 0 Å². The number of nitrogens with two attached hydrogens (primary N) is 1. The second kappa shape index (κ2) is 10.8. The number of nitrogens with zero attached hydrogens (tertiary/aromatic N) is 5. The normalized spacial score (nSPS) is 11.3. The van der Waals surface area contributed by atoms with Crippen LogP contribution in [0.2, 0.25) is 0 Å². The summed E-state index contributed by atoms with van der Waals surface area (Å²) in [4.78, 5) is 13.5. The molecule has 3 aromatic heterocycles. The largest absolute Gasteiger partial charge is 0.383 e. The van der Waals surface area contributed by atoms with Gasteiger partial charge in [-0.2, -0.15) is 5.10 Å². The predicted molar refractivity (Wildman–Crippen MR) is 141 cm³/mol. The van der Waals surface area contributed by atoms with Crippen molar-refractivity contribution in [1.29, 1.82) is 0 Å². The van der Waals surface area contributed by atoms with Gasteiger partial charge in [-0.25, -0.2) is 19.3 Å². The van der Waals surface area contributed by atoms with E-state index in [0.29, 0.717) is 37.9 Å². The van der Waals surface area contributed by atoms with Crippen LogP contribution in [0.1, 0.15) is 5.69 Å². The maximum absolute atomic E-state index is 13.7. The minimum atomic E-state index is -0.313. The molecule has 0 amide bonds. The Bertz CT molecular complexity index is 1530. The van der Waals surface area contributed by atoms with Gasteiger partial charge in [0.05, 0.1) is 43.8 Å². The molecule has 0 unspecified atom stereocenters. The van der Waals surface area contributed by atoms with Crippen LogP contribution in [-0.2, 0) is 16.0 Å². The van der Waals surface area contributed by atoms with Crippen molar-refractivity contribution in [2.75, 3.05) is 32.7 Å². The third-order valence-electron chi connectivity index (χ3n) is 6.16. The van der Waals surface area contributed by atoms with E-state index in [4.69, 9.17) is 20.2 Å². The van der Waals surface area contributed by atoms with Gasteiger partial charge in [0.1, 0.15) is 18.0 Å². The topological polar surface area (TPSA) is 101 Å². The van der Waals surface area contributed by atoms with Gasteiger partial charge >= 0.3 is 0 Å². The van der Waals surface area contributed by atoms with Crippen molar-refractivity contribution in [1.82, 2.24) is 24.7 Å². The number of hydrogen-bond donors (Lipinski definition) is 1. The van der Waals surface area contributed by atoms with E-state index in [-0.39, 0.29) is 5.82 Å². The highest BCUT2D eigenvalue weighted by molar-refractivity contribution is 5.92. The van der Waals surface area contributed by atoms with Crippen LogP contribution in [0.4, 0.5) is 10.2 Å². The summed E-state index contributed by atoms with van der Waals surface area (Å²) in [6.07, 6.45) is 5.25. The molecule has 0 spiro atoms. The second-order valence-electron chi connectivity index (χ2n) is 8.61. The number of pyridine rings is 1. The van der Waals surface area contributed by atoms with E-state index in [0.717, 1.165) is 44.4 Å². The number of methoxy groups -OCH3 is 1. The van der Waals surface area contributed by atoms with Crippen molar-refractivity contribution in [2.45, 2.75) is 13.5 Å². The molecule has 0 aliphatic rings. The number of nitrogen functional groups attached to an aromatic ring is 1. The van der Waals surface area contributed by atoms with Gasteiger partial charge < -0.3 is 15.2 Å². The van der Waals surface area contributed by atoms with Crippen LogP contribution in [0.25, 0.3) is 44.4 Å². The smallest absolute Gasteiger partial charge is 0.132 e. The van der Waals surface area contributed by atoms with Crippen LogP contribution in [-0.4, -0.2) is 51.7 Å². The molecule has 9 heteroatoms. The SMILES string of the molecule is COCCOCCn1cc(-c2cc(-c3ccc4ncnc(C)c4c3)c(-c3ccc(F)cc3)nc2N)cn1. The Balaban J connectivity index is 1.57. The van der Waals surface area contributed by atoms with Crippen molar-refractivity contribution in [3.63, 3.8) is 0 Å². The zero-order chi connectivity index (χ0) is 25.8. The molecule has 0 saturated heterocycles. The zero-order valence-electron chi connectivity index (χ0n) is 20.7. The molecule has 5 rings (SSSR count). The van der Waals surface area contributed by atoms with Crippen molar-refractivity contribution >= 4 is 16.7 Å². The fourth-order valence-corrected chi connectivity index (χ4v) is 4.19. The Labute approximate surface area is 213 Å². The molecule has 0 fully saturated rings. The van der Waals surface area contributed by atoms with Crippen LogP contribution < -0.4 is 5.73 Å². The highest BCUT2D eigenvalue weighted by Gasteiger charge is 2.17. The van der Waals surface area contributed by atoms with Gasteiger partial charge in [-0.15, -0.1) is 0 Å². The molecular weight excluding hydrogens is 471 g/mol. The highest BCUT2D eigenvalue weighted by atomic mass is 19.1. The molecule has 188 valence electrons. The summed E-state index contributed by atoms with van der Waals surface area (Å²) in [5, 5.41) is 5.41. The Hall–Kier alpha value is -4.21. The maximum Gasteiger partial charge on any atom is 0.132 e. The van der Waals surface area contributed by atoms with Gasteiger partial charge in [0.25, 0.3) is 0 Å². The van der Waals surface area contributed by atoms with Crippen molar-refractivity contribution in [3.05, 3.63) is 78.8 Å². The number of anilines is 1. The first-order chi connectivity index (χ1) is 18.0. The van der Waals surface area contributed by atoms with Gasteiger partial charge in [-0.1, -0.05) is 6.07 Å². The van der Waals surface area contributed by atoms with E-state index in [9.17, 15) is 4.39 Å². The molecular formula is C28H27FN6O2. The van der Waals surface area contributed by atoms with E-state index in [1.807, 2.05) is 36.0 Å². The minimum Gasteiger partial charge on any atom is -0.383 e. The molecule has 0 radical (unpaired) electrons. The fourth-order valence-electron chi connectivity index (χ4n) is 4.19. The first-order valence-electron chi connectivity index (χ1n) is 11.9. The lowest BCUT2D eigenvalue weighted by atomic mass is 9.95. The minimum absolute atomic E-state index is 0.313. The van der Waals surface area contributed by atoms with Crippen LogP contribution in [0.5, 0.6) is 0 Å². The molecule has 5 aromatic rings. The van der Waals surface area contributed by atoms with E-state index in [1.165, 1.54) is 12.1 Å². The lowest BCUT2D eigenvalue weighted by Gasteiger charge is -2.14. The average molecular weight is 499 g/mol. The Morgan fingerprint density at radius 2 is 1.73 bits per heavy atom. The Morgan fingerprint density at radius 3 is 2.54 bits per heavy atom. The number of fused-ring (bicyclic) bond motifs is 1. The highest BCUT2D eigenvalue weighted by Crippen LogP contribution is 2.38. The molecule has 0 saturated carbocycles. The molecule has 2 N–H and O–H groups in total. The Kier molecular flexibility index (Phi) is 7.16. The summed E-state index contributed by atoms with van der Waals surface area (Å²) >= 11 is 0. The third kappa shape index (κ3) is 5.32. The zero-order valence-corrected chi connectivity index (χ0v) is 20.7. The van der Waals surface area contributed by atoms with E-state index < -0.39 is 0 Å². The van der Waals surface area contributed by atoms with E-state index >= 15 is 0 Å². The van der Waals surface area contributed by atoms with Gasteiger partial charge in [-0.05, 0) is 55.0 Å². The van der Waals surface area contributed by atoms with Gasteiger partial charge in [0, 0.05) is 46.6 Å². The van der Waals surface area contributed by atoms with Gasteiger partial charge in [-0.3, -0.25) is 4.68 Å². The number of aryl methyl sites for hydroxylation is 1. The van der Waals surface area contributed by atoms with Gasteiger partial charge in [0.15, 0.2) is 0 Å². The van der Waals surface area contributed by atoms with Crippen LogP contribution in [0, 0.1) is 12.7 Å². The molecule has 0 aliphatic heterocycles. The molecule has 2 aromatic carbocycles. The predicted octanol–water partition coefficient (Wildman–Crippen LogP) is 4.92. The summed E-state index contributed by atoms with van der Waals surface area (Å²) in [5.41, 5.74) is 13.0. The number of aromatic nitrogens is 5. The molecule has 37 heavy (non-hydrogen) atoms. The maximum atomic E-state index is 13.7. The molecule has 3 heterocycles. The summed E-state index contributed by atoms with van der Waals surface area (Å²) in [6.45, 7) is 4.16. The van der Waals surface area contributed by atoms with Crippen molar-refractivity contribution < 1.29 is 13.9 Å². The molecule has 8 nitrogen and oxygen atoms in total. The molecule has 0 aliphatic carbocycles. The number of halogens is 1. The summed E-state index contributed by atoms with van der Waals surface area (Å²) < 4.78 is 26.0. The summed E-state index contributed by atoms with van der Waals surface area (Å²) in [5.74, 6) is 0.0475. The van der Waals surface area contributed by atoms with Crippen LogP contribution in [0.15, 0.2) is 67.3 Å². The number of rotatable bonds is 9. The first kappa shape index (κ1) is 24.5. The Morgan fingerprint density at radius 1 is 0.919 bits per heavy atom. The lowest BCUT2D eigenvalue weighted by molar-refractivity contribution is 0.0654. The fraction of sp³-hybridized carbons (Fsp3) is 0.214. The lowest BCUT2D eigenvalue weighted by Crippen LogP contribution is -2.09. The van der Waals surface area contributed by atoms with Crippen molar-refractivity contribution in [3.8, 4) is 33.5 Å². The number of hydrogen-bond acceptors (Lipinski definition) is 7. The van der Waals surface area contributed by atoms with Crippen molar-refractivity contribution in [2.24, 2.45) is 0 Å². The second-order valence-corrected chi connectivity index (χ2v) is 8.61. The number of ether oxygens (including phenoxy) is 2. The molecule has 0 bridgehead atoms. The monoisotopic (exact) mass is 498 g/mol. The summed E-state index contributed by atoms with van der Waals surface area (Å²) in [7, 11) is 1.64.